The number of carbonyl (C=O) groups is 3. The average molecular weight is 294 g/mol. The minimum Gasteiger partial charge on any atom is -0.480 e. The zero-order valence-electron chi connectivity index (χ0n) is 12.1. The number of carboxylic acids is 1. The van der Waals surface area contributed by atoms with Crippen molar-refractivity contribution >= 4 is 23.5 Å². The molecule has 0 unspecified atom stereocenters. The molecule has 1 aromatic rings. The number of carbonyl (C=O) groups excluding carboxylic acids is 2. The molecule has 0 aliphatic carbocycles. The second-order valence-corrected chi connectivity index (χ2v) is 4.59. The van der Waals surface area contributed by atoms with Crippen LogP contribution in [0, 0.1) is 0 Å². The van der Waals surface area contributed by atoms with Crippen molar-refractivity contribution in [3.8, 4) is 0 Å². The van der Waals surface area contributed by atoms with Crippen LogP contribution in [-0.2, 0) is 14.3 Å². The number of carboxylic acid groups (broad SMARTS) is 1. The lowest BCUT2D eigenvalue weighted by atomic mass is 10.1. The summed E-state index contributed by atoms with van der Waals surface area (Å²) in [6.07, 6.45) is -0.426. The zero-order valence-corrected chi connectivity index (χ0v) is 12.1. The molecule has 0 aliphatic rings. The Kier molecular flexibility index (Phi) is 5.71. The maximum Gasteiger partial charge on any atom is 0.326 e. The van der Waals surface area contributed by atoms with E-state index in [1.807, 2.05) is 25.1 Å². The Labute approximate surface area is 122 Å². The summed E-state index contributed by atoms with van der Waals surface area (Å²) in [7, 11) is 4.81. The van der Waals surface area contributed by atoms with Gasteiger partial charge in [-0.1, -0.05) is 6.07 Å². The minimum atomic E-state index is -1.33. The summed E-state index contributed by atoms with van der Waals surface area (Å²) in [5, 5.41) is 11.3. The number of rotatable bonds is 6. The first-order valence-corrected chi connectivity index (χ1v) is 6.23. The van der Waals surface area contributed by atoms with Gasteiger partial charge in [-0.15, -0.1) is 0 Å². The number of benzene rings is 1. The van der Waals surface area contributed by atoms with Crippen LogP contribution >= 0.6 is 0 Å². The van der Waals surface area contributed by atoms with E-state index in [4.69, 9.17) is 5.11 Å². The Bertz CT molecular complexity index is 542. The fraction of sp³-hybridized carbons (Fsp3) is 0.357. The molecule has 1 aromatic carbocycles. The summed E-state index contributed by atoms with van der Waals surface area (Å²) in [5.41, 5.74) is 1.12. The highest BCUT2D eigenvalue weighted by molar-refractivity contribution is 5.98. The van der Waals surface area contributed by atoms with Gasteiger partial charge < -0.3 is 20.1 Å². The van der Waals surface area contributed by atoms with E-state index in [0.29, 0.717) is 5.56 Å². The number of anilines is 1. The summed E-state index contributed by atoms with van der Waals surface area (Å²) in [6, 6.07) is 5.39. The van der Waals surface area contributed by atoms with Gasteiger partial charge in [0.25, 0.3) is 5.91 Å². The molecular weight excluding hydrogens is 276 g/mol. The third kappa shape index (κ3) is 4.79. The number of methoxy groups -OCH3 is 1. The number of ether oxygens (including phenoxy) is 1. The normalized spacial score (nSPS) is 11.4. The summed E-state index contributed by atoms with van der Waals surface area (Å²) in [4.78, 5) is 36.1. The molecule has 1 amide bonds. The standard InChI is InChI=1S/C14H18N2O5/c1-16(2)10-6-4-5-9(7-10)13(18)15-11(14(19)20)8-12(17)21-3/h4-7,11H,8H2,1-3H3,(H,15,18)(H,19,20)/t11-/m0/s1. The molecule has 1 rings (SSSR count). The molecule has 0 spiro atoms. The van der Waals surface area contributed by atoms with Gasteiger partial charge in [-0.3, -0.25) is 9.59 Å². The molecule has 7 heteroatoms. The molecule has 0 radical (unpaired) electrons. The molecule has 0 heterocycles. The van der Waals surface area contributed by atoms with Crippen molar-refractivity contribution < 1.29 is 24.2 Å². The Balaban J connectivity index is 2.84. The molecule has 2 N–H and O–H groups in total. The minimum absolute atomic E-state index is 0.317. The predicted octanol–water partition coefficient (Wildman–Crippen LogP) is 0.499. The van der Waals surface area contributed by atoms with Crippen LogP contribution < -0.4 is 10.2 Å². The maximum absolute atomic E-state index is 12.1. The average Bonchev–Trinajstić information content (AvgIpc) is 2.46. The highest BCUT2D eigenvalue weighted by atomic mass is 16.5. The number of amides is 1. The van der Waals surface area contributed by atoms with E-state index in [1.165, 1.54) is 0 Å². The first-order chi connectivity index (χ1) is 9.85. The fourth-order valence-corrected chi connectivity index (χ4v) is 1.62. The van der Waals surface area contributed by atoms with Crippen molar-refractivity contribution in [3.63, 3.8) is 0 Å². The Morgan fingerprint density at radius 3 is 2.52 bits per heavy atom. The third-order valence-electron chi connectivity index (χ3n) is 2.83. The number of aliphatic carboxylic acids is 1. The summed E-state index contributed by atoms with van der Waals surface area (Å²) in [6.45, 7) is 0. The zero-order chi connectivity index (χ0) is 16.0. The largest absolute Gasteiger partial charge is 0.480 e. The molecular formula is C14H18N2O5. The van der Waals surface area contributed by atoms with E-state index in [0.717, 1.165) is 12.8 Å². The first-order valence-electron chi connectivity index (χ1n) is 6.23. The lowest BCUT2D eigenvalue weighted by Crippen LogP contribution is -2.42. The van der Waals surface area contributed by atoms with Gasteiger partial charge in [-0.05, 0) is 18.2 Å². The van der Waals surface area contributed by atoms with E-state index in [9.17, 15) is 14.4 Å². The number of hydrogen-bond donors (Lipinski definition) is 2. The van der Waals surface area contributed by atoms with Crippen molar-refractivity contribution in [1.82, 2.24) is 5.32 Å². The van der Waals surface area contributed by atoms with Gasteiger partial charge in [0.05, 0.1) is 13.5 Å². The first kappa shape index (κ1) is 16.5. The van der Waals surface area contributed by atoms with Crippen LogP contribution in [0.15, 0.2) is 24.3 Å². The molecule has 0 aromatic heterocycles. The SMILES string of the molecule is COC(=O)C[C@H](NC(=O)c1cccc(N(C)C)c1)C(=O)O. The van der Waals surface area contributed by atoms with E-state index in [1.54, 1.807) is 18.2 Å². The van der Waals surface area contributed by atoms with E-state index >= 15 is 0 Å². The van der Waals surface area contributed by atoms with Crippen LogP contribution in [0.2, 0.25) is 0 Å². The van der Waals surface area contributed by atoms with Crippen molar-refractivity contribution in [2.45, 2.75) is 12.5 Å². The van der Waals surface area contributed by atoms with Crippen molar-refractivity contribution in [3.05, 3.63) is 29.8 Å². The van der Waals surface area contributed by atoms with E-state index in [2.05, 4.69) is 10.1 Å². The Hall–Kier alpha value is -2.57. The molecule has 21 heavy (non-hydrogen) atoms. The van der Waals surface area contributed by atoms with Crippen molar-refractivity contribution in [2.75, 3.05) is 26.1 Å². The summed E-state index contributed by atoms with van der Waals surface area (Å²) >= 11 is 0. The van der Waals surface area contributed by atoms with Crippen molar-refractivity contribution in [2.24, 2.45) is 0 Å². The highest BCUT2D eigenvalue weighted by Gasteiger charge is 2.24. The molecule has 114 valence electrons. The molecule has 0 fully saturated rings. The number of esters is 1. The highest BCUT2D eigenvalue weighted by Crippen LogP contribution is 2.13. The molecule has 0 saturated carbocycles. The number of nitrogens with zero attached hydrogens (tertiary/aromatic N) is 1. The Morgan fingerprint density at radius 2 is 2.00 bits per heavy atom. The van der Waals surface area contributed by atoms with E-state index < -0.39 is 30.3 Å². The van der Waals surface area contributed by atoms with Gasteiger partial charge in [0.2, 0.25) is 0 Å². The fourth-order valence-electron chi connectivity index (χ4n) is 1.62. The molecule has 0 saturated heterocycles. The monoisotopic (exact) mass is 294 g/mol. The van der Waals surface area contributed by atoms with Crippen LogP contribution in [-0.4, -0.2) is 50.2 Å². The van der Waals surface area contributed by atoms with Gasteiger partial charge in [0.15, 0.2) is 0 Å². The van der Waals surface area contributed by atoms with Crippen molar-refractivity contribution in [1.29, 1.82) is 0 Å². The van der Waals surface area contributed by atoms with Gasteiger partial charge in [-0.2, -0.15) is 0 Å². The van der Waals surface area contributed by atoms with Crippen LogP contribution in [0.5, 0.6) is 0 Å². The van der Waals surface area contributed by atoms with Gasteiger partial charge >= 0.3 is 11.9 Å². The predicted molar refractivity (Wildman–Crippen MR) is 76.3 cm³/mol. The van der Waals surface area contributed by atoms with Crippen LogP contribution in [0.3, 0.4) is 0 Å². The lowest BCUT2D eigenvalue weighted by Gasteiger charge is -2.16. The topological polar surface area (TPSA) is 95.9 Å². The van der Waals surface area contributed by atoms with Gasteiger partial charge in [0.1, 0.15) is 6.04 Å². The maximum atomic E-state index is 12.1. The quantitative estimate of drug-likeness (QED) is 0.742. The molecule has 1 atom stereocenters. The summed E-state index contributed by atoms with van der Waals surface area (Å²) in [5.74, 6) is -2.56. The second kappa shape index (κ2) is 7.28. The van der Waals surface area contributed by atoms with Gasteiger partial charge in [0, 0.05) is 25.3 Å². The molecule has 0 bridgehead atoms. The van der Waals surface area contributed by atoms with E-state index in [-0.39, 0.29) is 0 Å². The number of nitrogens with one attached hydrogen (secondary N) is 1. The number of hydrogen-bond acceptors (Lipinski definition) is 5. The van der Waals surface area contributed by atoms with Crippen LogP contribution in [0.1, 0.15) is 16.8 Å². The van der Waals surface area contributed by atoms with Crippen LogP contribution in [0.4, 0.5) is 5.69 Å². The smallest absolute Gasteiger partial charge is 0.326 e. The molecule has 7 nitrogen and oxygen atoms in total. The lowest BCUT2D eigenvalue weighted by molar-refractivity contribution is -0.147. The Morgan fingerprint density at radius 1 is 1.33 bits per heavy atom. The second-order valence-electron chi connectivity index (χ2n) is 4.59. The molecule has 0 aliphatic heterocycles. The summed E-state index contributed by atoms with van der Waals surface area (Å²) < 4.78 is 4.41. The third-order valence-corrected chi connectivity index (χ3v) is 2.83. The van der Waals surface area contributed by atoms with Gasteiger partial charge in [-0.25, -0.2) is 4.79 Å². The van der Waals surface area contributed by atoms with Crippen LogP contribution in [0.25, 0.3) is 0 Å².